The van der Waals surface area contributed by atoms with E-state index in [9.17, 15) is 0 Å². The Labute approximate surface area is 127 Å². The van der Waals surface area contributed by atoms with E-state index in [1.54, 1.807) is 12.4 Å². The Bertz CT molecular complexity index is 470. The highest BCUT2D eigenvalue weighted by molar-refractivity contribution is 5.39. The molecule has 1 aromatic rings. The number of rotatable bonds is 4. The Kier molecular flexibility index (Phi) is 4.42. The van der Waals surface area contributed by atoms with Crippen LogP contribution in [0.1, 0.15) is 41.5 Å². The minimum absolute atomic E-state index is 0.210. The van der Waals surface area contributed by atoms with Crippen molar-refractivity contribution in [2.45, 2.75) is 52.7 Å². The normalized spacial score (nSPS) is 20.6. The Morgan fingerprint density at radius 3 is 2.38 bits per heavy atom. The van der Waals surface area contributed by atoms with Crippen LogP contribution in [0.4, 0.5) is 5.82 Å². The minimum Gasteiger partial charge on any atom is -0.476 e. The van der Waals surface area contributed by atoms with E-state index in [0.29, 0.717) is 18.4 Å². The Hall–Kier alpha value is -1.36. The van der Waals surface area contributed by atoms with Gasteiger partial charge in [0.1, 0.15) is 0 Å². The molecule has 0 spiro atoms. The maximum atomic E-state index is 6.10. The number of morpholine rings is 1. The average Bonchev–Trinajstić information content (AvgIpc) is 2.33. The molecular formula is C16H27N3O2. The molecule has 0 aliphatic carbocycles. The highest BCUT2D eigenvalue weighted by Crippen LogP contribution is 2.30. The summed E-state index contributed by atoms with van der Waals surface area (Å²) in [6.45, 7) is 14.9. The molecule has 0 aromatic carbocycles. The maximum absolute atomic E-state index is 6.10. The van der Waals surface area contributed by atoms with Crippen molar-refractivity contribution in [2.24, 2.45) is 5.92 Å². The van der Waals surface area contributed by atoms with Gasteiger partial charge in [-0.2, -0.15) is 4.98 Å². The molecule has 1 saturated heterocycles. The zero-order valence-electron chi connectivity index (χ0n) is 14.0. The number of ether oxygens (including phenoxy) is 2. The summed E-state index contributed by atoms with van der Waals surface area (Å²) >= 11 is 0. The van der Waals surface area contributed by atoms with E-state index in [0.717, 1.165) is 18.9 Å². The second-order valence-electron chi connectivity index (χ2n) is 7.40. The van der Waals surface area contributed by atoms with Crippen molar-refractivity contribution in [2.75, 3.05) is 24.6 Å². The molecule has 0 atom stereocenters. The Balaban J connectivity index is 2.15. The number of anilines is 1. The lowest BCUT2D eigenvalue weighted by Crippen LogP contribution is -2.57. The molecule has 1 aliphatic heterocycles. The lowest BCUT2D eigenvalue weighted by molar-refractivity contribution is -0.133. The predicted octanol–water partition coefficient (Wildman–Crippen LogP) is 2.91. The summed E-state index contributed by atoms with van der Waals surface area (Å²) in [6, 6.07) is 0. The van der Waals surface area contributed by atoms with E-state index in [-0.39, 0.29) is 11.2 Å². The summed E-state index contributed by atoms with van der Waals surface area (Å²) in [5.74, 6) is 1.90. The molecule has 2 rings (SSSR count). The highest BCUT2D eigenvalue weighted by atomic mass is 16.5. The number of hydrogen-bond acceptors (Lipinski definition) is 5. The van der Waals surface area contributed by atoms with Gasteiger partial charge in [-0.15, -0.1) is 0 Å². The van der Waals surface area contributed by atoms with Crippen LogP contribution in [0, 0.1) is 5.92 Å². The monoisotopic (exact) mass is 293 g/mol. The first-order valence-electron chi connectivity index (χ1n) is 7.57. The summed E-state index contributed by atoms with van der Waals surface area (Å²) in [6.07, 6.45) is 3.46. The second kappa shape index (κ2) is 5.79. The minimum atomic E-state index is -0.210. The first kappa shape index (κ1) is 16.0. The van der Waals surface area contributed by atoms with Crippen molar-refractivity contribution >= 4 is 5.82 Å². The van der Waals surface area contributed by atoms with E-state index in [4.69, 9.17) is 9.47 Å². The molecule has 1 aromatic heterocycles. The van der Waals surface area contributed by atoms with E-state index in [2.05, 4.69) is 56.4 Å². The molecule has 0 N–H and O–H groups in total. The van der Waals surface area contributed by atoms with Gasteiger partial charge < -0.3 is 14.4 Å². The van der Waals surface area contributed by atoms with Gasteiger partial charge in [0.2, 0.25) is 5.88 Å². The van der Waals surface area contributed by atoms with Crippen LogP contribution in [0.5, 0.6) is 5.88 Å². The lowest BCUT2D eigenvalue weighted by Gasteiger charge is -2.47. The van der Waals surface area contributed by atoms with Gasteiger partial charge >= 0.3 is 0 Å². The van der Waals surface area contributed by atoms with Crippen LogP contribution in [-0.2, 0) is 4.74 Å². The van der Waals surface area contributed by atoms with Crippen molar-refractivity contribution in [1.82, 2.24) is 9.97 Å². The first-order chi connectivity index (χ1) is 9.67. The van der Waals surface area contributed by atoms with Crippen LogP contribution in [0.3, 0.4) is 0 Å². The zero-order valence-corrected chi connectivity index (χ0v) is 14.0. The molecule has 0 amide bonds. The Morgan fingerprint density at radius 2 is 1.81 bits per heavy atom. The third-order valence-electron chi connectivity index (χ3n) is 3.18. The molecule has 2 heterocycles. The lowest BCUT2D eigenvalue weighted by atomic mass is 9.99. The van der Waals surface area contributed by atoms with Crippen molar-refractivity contribution in [3.05, 3.63) is 12.4 Å². The van der Waals surface area contributed by atoms with Gasteiger partial charge in [0.05, 0.1) is 30.2 Å². The van der Waals surface area contributed by atoms with Gasteiger partial charge in [-0.1, -0.05) is 13.8 Å². The van der Waals surface area contributed by atoms with Gasteiger partial charge in [-0.3, -0.25) is 4.98 Å². The number of hydrogen-bond donors (Lipinski definition) is 0. The maximum Gasteiger partial charge on any atom is 0.234 e. The van der Waals surface area contributed by atoms with E-state index in [1.807, 2.05) is 0 Å². The third kappa shape index (κ3) is 4.56. The summed E-state index contributed by atoms with van der Waals surface area (Å²) in [5.41, 5.74) is -0.420. The smallest absolute Gasteiger partial charge is 0.234 e. The SMILES string of the molecule is CC(C)COc1cncc(N2CC(C)(C)OC(C)(C)C2)n1. The standard InChI is InChI=1S/C16H27N3O2/c1-12(2)9-20-14-8-17-7-13(18-14)19-10-15(3,4)21-16(5,6)11-19/h7-8,12H,9-11H2,1-6H3. The van der Waals surface area contributed by atoms with Gasteiger partial charge in [0.15, 0.2) is 5.82 Å². The second-order valence-corrected chi connectivity index (χ2v) is 7.40. The summed E-state index contributed by atoms with van der Waals surface area (Å²) in [7, 11) is 0. The van der Waals surface area contributed by atoms with Crippen molar-refractivity contribution in [3.63, 3.8) is 0 Å². The van der Waals surface area contributed by atoms with E-state index < -0.39 is 0 Å². The molecule has 21 heavy (non-hydrogen) atoms. The third-order valence-corrected chi connectivity index (χ3v) is 3.18. The zero-order chi connectivity index (χ0) is 15.7. The molecule has 5 nitrogen and oxygen atoms in total. The molecule has 0 radical (unpaired) electrons. The van der Waals surface area contributed by atoms with Crippen molar-refractivity contribution in [3.8, 4) is 5.88 Å². The quantitative estimate of drug-likeness (QED) is 0.854. The predicted molar refractivity (Wildman–Crippen MR) is 83.8 cm³/mol. The summed E-state index contributed by atoms with van der Waals surface area (Å²) in [4.78, 5) is 11.1. The Morgan fingerprint density at radius 1 is 1.19 bits per heavy atom. The molecule has 0 unspecified atom stereocenters. The fourth-order valence-electron chi connectivity index (χ4n) is 2.76. The molecule has 1 aliphatic rings. The van der Waals surface area contributed by atoms with Crippen molar-refractivity contribution < 1.29 is 9.47 Å². The van der Waals surface area contributed by atoms with E-state index in [1.165, 1.54) is 0 Å². The van der Waals surface area contributed by atoms with Crippen LogP contribution in [0.15, 0.2) is 12.4 Å². The molecule has 1 fully saturated rings. The van der Waals surface area contributed by atoms with Gasteiger partial charge in [-0.25, -0.2) is 0 Å². The van der Waals surface area contributed by atoms with Gasteiger partial charge in [-0.05, 0) is 33.6 Å². The number of aromatic nitrogens is 2. The summed E-state index contributed by atoms with van der Waals surface area (Å²) in [5, 5.41) is 0. The molecule has 5 heteroatoms. The van der Waals surface area contributed by atoms with Crippen LogP contribution >= 0.6 is 0 Å². The topological polar surface area (TPSA) is 47.5 Å². The first-order valence-corrected chi connectivity index (χ1v) is 7.57. The van der Waals surface area contributed by atoms with Crippen molar-refractivity contribution in [1.29, 1.82) is 0 Å². The van der Waals surface area contributed by atoms with Gasteiger partial charge in [0, 0.05) is 13.1 Å². The molecular weight excluding hydrogens is 266 g/mol. The highest BCUT2D eigenvalue weighted by Gasteiger charge is 2.38. The molecule has 0 bridgehead atoms. The molecule has 118 valence electrons. The largest absolute Gasteiger partial charge is 0.476 e. The fraction of sp³-hybridized carbons (Fsp3) is 0.750. The van der Waals surface area contributed by atoms with Crippen LogP contribution in [0.2, 0.25) is 0 Å². The van der Waals surface area contributed by atoms with Gasteiger partial charge in [0.25, 0.3) is 0 Å². The van der Waals surface area contributed by atoms with Crippen LogP contribution < -0.4 is 9.64 Å². The number of nitrogens with zero attached hydrogens (tertiary/aromatic N) is 3. The van der Waals surface area contributed by atoms with Crippen LogP contribution in [0.25, 0.3) is 0 Å². The average molecular weight is 293 g/mol. The summed E-state index contributed by atoms with van der Waals surface area (Å²) < 4.78 is 11.8. The molecule has 0 saturated carbocycles. The van der Waals surface area contributed by atoms with Crippen LogP contribution in [-0.4, -0.2) is 40.9 Å². The fourth-order valence-corrected chi connectivity index (χ4v) is 2.76. The van der Waals surface area contributed by atoms with E-state index >= 15 is 0 Å².